The highest BCUT2D eigenvalue weighted by Crippen LogP contribution is 2.25. The Labute approximate surface area is 95.2 Å². The quantitative estimate of drug-likeness (QED) is 0.621. The summed E-state index contributed by atoms with van der Waals surface area (Å²) in [4.78, 5) is 0.992. The summed E-state index contributed by atoms with van der Waals surface area (Å²) in [5.41, 5.74) is 0.699. The normalized spacial score (nSPS) is 9.62. The first-order chi connectivity index (χ1) is 6.27. The number of hydrogen-bond donors (Lipinski definition) is 0. The molecule has 0 unspecified atom stereocenters. The van der Waals surface area contributed by atoms with Crippen LogP contribution in [0.2, 0.25) is 0 Å². The molecule has 0 radical (unpaired) electrons. The SMILES string of the molecule is N#Cc1cc(Br)ccc1SCCCl. The maximum atomic E-state index is 8.83. The van der Waals surface area contributed by atoms with Gasteiger partial charge in [0.25, 0.3) is 0 Å². The van der Waals surface area contributed by atoms with Crippen LogP contribution in [0.15, 0.2) is 27.6 Å². The van der Waals surface area contributed by atoms with Crippen molar-refractivity contribution in [1.82, 2.24) is 0 Å². The zero-order valence-electron chi connectivity index (χ0n) is 6.76. The maximum Gasteiger partial charge on any atom is 0.100 e. The number of benzene rings is 1. The van der Waals surface area contributed by atoms with Crippen molar-refractivity contribution < 1.29 is 0 Å². The molecule has 0 atom stereocenters. The highest BCUT2D eigenvalue weighted by atomic mass is 79.9. The van der Waals surface area contributed by atoms with Crippen LogP contribution < -0.4 is 0 Å². The molecule has 4 heteroatoms. The van der Waals surface area contributed by atoms with E-state index < -0.39 is 0 Å². The third-order valence-electron chi connectivity index (χ3n) is 1.40. The first-order valence-electron chi connectivity index (χ1n) is 3.66. The zero-order chi connectivity index (χ0) is 9.68. The van der Waals surface area contributed by atoms with E-state index in [1.807, 2.05) is 18.2 Å². The van der Waals surface area contributed by atoms with Gasteiger partial charge in [-0.25, -0.2) is 0 Å². The molecule has 1 rings (SSSR count). The molecule has 1 aromatic rings. The van der Waals surface area contributed by atoms with Crippen LogP contribution in [0, 0.1) is 11.3 Å². The molecule has 0 aliphatic rings. The van der Waals surface area contributed by atoms with Crippen molar-refractivity contribution in [1.29, 1.82) is 5.26 Å². The molecule has 1 nitrogen and oxygen atoms in total. The van der Waals surface area contributed by atoms with E-state index in [0.29, 0.717) is 11.4 Å². The van der Waals surface area contributed by atoms with Crippen molar-refractivity contribution in [3.05, 3.63) is 28.2 Å². The smallest absolute Gasteiger partial charge is 0.100 e. The molecule has 0 saturated carbocycles. The van der Waals surface area contributed by atoms with Gasteiger partial charge in [0.05, 0.1) is 5.56 Å². The lowest BCUT2D eigenvalue weighted by atomic mass is 10.2. The van der Waals surface area contributed by atoms with E-state index in [-0.39, 0.29) is 0 Å². The molecular formula is C9H7BrClNS. The first kappa shape index (κ1) is 10.9. The van der Waals surface area contributed by atoms with Crippen LogP contribution in [0.3, 0.4) is 0 Å². The molecule has 0 fully saturated rings. The molecule has 0 amide bonds. The molecule has 0 heterocycles. The Balaban J connectivity index is 2.88. The number of hydrogen-bond acceptors (Lipinski definition) is 2. The number of rotatable bonds is 3. The van der Waals surface area contributed by atoms with E-state index >= 15 is 0 Å². The van der Waals surface area contributed by atoms with Crippen molar-refractivity contribution in [3.8, 4) is 6.07 Å². The molecule has 0 bridgehead atoms. The van der Waals surface area contributed by atoms with E-state index in [0.717, 1.165) is 15.1 Å². The topological polar surface area (TPSA) is 23.8 Å². The Morgan fingerprint density at radius 2 is 2.31 bits per heavy atom. The van der Waals surface area contributed by atoms with Crippen LogP contribution >= 0.6 is 39.3 Å². The predicted octanol–water partition coefficient (Wildman–Crippen LogP) is 3.65. The number of nitrogens with zero attached hydrogens (tertiary/aromatic N) is 1. The van der Waals surface area contributed by atoms with Gasteiger partial charge in [-0.15, -0.1) is 23.4 Å². The van der Waals surface area contributed by atoms with Crippen molar-refractivity contribution in [2.45, 2.75) is 4.90 Å². The van der Waals surface area contributed by atoms with Gasteiger partial charge in [-0.2, -0.15) is 5.26 Å². The average Bonchev–Trinajstić information content (AvgIpc) is 2.16. The Hall–Kier alpha value is -0.170. The molecular weight excluding hydrogens is 270 g/mol. The summed E-state index contributed by atoms with van der Waals surface area (Å²) in [5.74, 6) is 1.43. The molecule has 1 aromatic carbocycles. The van der Waals surface area contributed by atoms with Crippen LogP contribution in [-0.4, -0.2) is 11.6 Å². The van der Waals surface area contributed by atoms with Gasteiger partial charge < -0.3 is 0 Å². The second kappa shape index (κ2) is 5.54. The molecule has 68 valence electrons. The average molecular weight is 277 g/mol. The fourth-order valence-corrected chi connectivity index (χ4v) is 2.18. The van der Waals surface area contributed by atoms with Gasteiger partial charge in [0.1, 0.15) is 6.07 Å². The van der Waals surface area contributed by atoms with Crippen LogP contribution in [0.25, 0.3) is 0 Å². The summed E-state index contributed by atoms with van der Waals surface area (Å²) in [6, 6.07) is 7.83. The summed E-state index contributed by atoms with van der Waals surface area (Å²) in [6.07, 6.45) is 0. The zero-order valence-corrected chi connectivity index (χ0v) is 9.92. The molecule has 0 spiro atoms. The largest absolute Gasteiger partial charge is 0.192 e. The fourth-order valence-electron chi connectivity index (χ4n) is 0.864. The highest BCUT2D eigenvalue weighted by Gasteiger charge is 2.02. The molecule has 0 aliphatic carbocycles. The highest BCUT2D eigenvalue weighted by molar-refractivity contribution is 9.10. The molecule has 0 N–H and O–H groups in total. The lowest BCUT2D eigenvalue weighted by molar-refractivity contribution is 1.35. The summed E-state index contributed by atoms with van der Waals surface area (Å²) in [7, 11) is 0. The lowest BCUT2D eigenvalue weighted by Crippen LogP contribution is -1.84. The van der Waals surface area contributed by atoms with E-state index in [1.54, 1.807) is 11.8 Å². The van der Waals surface area contributed by atoms with E-state index in [2.05, 4.69) is 22.0 Å². The number of nitriles is 1. The van der Waals surface area contributed by atoms with Crippen LogP contribution in [0.4, 0.5) is 0 Å². The van der Waals surface area contributed by atoms with Crippen molar-refractivity contribution in [3.63, 3.8) is 0 Å². The minimum absolute atomic E-state index is 0.603. The van der Waals surface area contributed by atoms with Gasteiger partial charge in [-0.3, -0.25) is 0 Å². The van der Waals surface area contributed by atoms with E-state index in [9.17, 15) is 0 Å². The molecule has 0 aliphatic heterocycles. The Kier molecular flexibility index (Phi) is 4.65. The van der Waals surface area contributed by atoms with Gasteiger partial charge in [0.2, 0.25) is 0 Å². The van der Waals surface area contributed by atoms with Crippen molar-refractivity contribution in [2.24, 2.45) is 0 Å². The minimum Gasteiger partial charge on any atom is -0.192 e. The predicted molar refractivity (Wildman–Crippen MR) is 60.3 cm³/mol. The number of thioether (sulfide) groups is 1. The Morgan fingerprint density at radius 1 is 1.54 bits per heavy atom. The number of halogens is 2. The summed E-state index contributed by atoms with van der Waals surface area (Å²) in [5, 5.41) is 8.83. The van der Waals surface area contributed by atoms with Gasteiger partial charge in [-0.1, -0.05) is 15.9 Å². The Morgan fingerprint density at radius 3 is 2.92 bits per heavy atom. The molecule has 13 heavy (non-hydrogen) atoms. The second-order valence-corrected chi connectivity index (χ2v) is 4.72. The summed E-state index contributed by atoms with van der Waals surface area (Å²) >= 11 is 10.5. The van der Waals surface area contributed by atoms with Crippen LogP contribution in [-0.2, 0) is 0 Å². The van der Waals surface area contributed by atoms with Gasteiger partial charge in [0, 0.05) is 21.0 Å². The van der Waals surface area contributed by atoms with Crippen molar-refractivity contribution in [2.75, 3.05) is 11.6 Å². The van der Waals surface area contributed by atoms with Crippen molar-refractivity contribution >= 4 is 39.3 Å². The maximum absolute atomic E-state index is 8.83. The second-order valence-electron chi connectivity index (χ2n) is 2.29. The standard InChI is InChI=1S/C9H7BrClNS/c10-8-1-2-9(13-4-3-11)7(5-8)6-12/h1-2,5H,3-4H2. The molecule has 0 saturated heterocycles. The summed E-state index contributed by atoms with van der Waals surface area (Å²) in [6.45, 7) is 0. The van der Waals surface area contributed by atoms with E-state index in [4.69, 9.17) is 16.9 Å². The van der Waals surface area contributed by atoms with Gasteiger partial charge >= 0.3 is 0 Å². The summed E-state index contributed by atoms with van der Waals surface area (Å²) < 4.78 is 0.930. The van der Waals surface area contributed by atoms with Crippen LogP contribution in [0.5, 0.6) is 0 Å². The monoisotopic (exact) mass is 275 g/mol. The third kappa shape index (κ3) is 3.22. The number of alkyl halides is 1. The third-order valence-corrected chi connectivity index (χ3v) is 3.38. The van der Waals surface area contributed by atoms with E-state index in [1.165, 1.54) is 0 Å². The first-order valence-corrected chi connectivity index (χ1v) is 5.97. The van der Waals surface area contributed by atoms with Gasteiger partial charge in [-0.05, 0) is 18.2 Å². The van der Waals surface area contributed by atoms with Crippen LogP contribution in [0.1, 0.15) is 5.56 Å². The fraction of sp³-hybridized carbons (Fsp3) is 0.222. The lowest BCUT2D eigenvalue weighted by Gasteiger charge is -2.01. The minimum atomic E-state index is 0.603. The molecule has 0 aromatic heterocycles. The van der Waals surface area contributed by atoms with Gasteiger partial charge in [0.15, 0.2) is 0 Å². The Bertz CT molecular complexity index is 335.